The molecular formula is C44H48FeP2. The summed E-state index contributed by atoms with van der Waals surface area (Å²) in [7, 11) is -1.32. The fourth-order valence-electron chi connectivity index (χ4n) is 6.80. The minimum atomic E-state index is -0.704. The molecule has 0 aromatic heterocycles. The normalized spacial score (nSPS) is 15.9. The molecule has 4 aromatic rings. The van der Waals surface area contributed by atoms with Crippen LogP contribution in [0.25, 0.3) is 0 Å². The van der Waals surface area contributed by atoms with Gasteiger partial charge < -0.3 is 0 Å². The summed E-state index contributed by atoms with van der Waals surface area (Å²) in [6, 6.07) is 28.6. The van der Waals surface area contributed by atoms with E-state index in [0.717, 1.165) is 0 Å². The summed E-state index contributed by atoms with van der Waals surface area (Å²) in [6.45, 7) is 20.4. The van der Waals surface area contributed by atoms with Crippen LogP contribution in [0.2, 0.25) is 0 Å². The fraction of sp³-hybridized carbons (Fsp3) is 0.227. The first-order chi connectivity index (χ1) is 22.0. The van der Waals surface area contributed by atoms with Gasteiger partial charge in [0.25, 0.3) is 0 Å². The van der Waals surface area contributed by atoms with Crippen molar-refractivity contribution in [1.82, 2.24) is 0 Å². The van der Waals surface area contributed by atoms with Crippen molar-refractivity contribution in [2.45, 2.75) is 68.0 Å². The summed E-state index contributed by atoms with van der Waals surface area (Å²) in [4.78, 5) is 0. The van der Waals surface area contributed by atoms with Crippen molar-refractivity contribution in [2.24, 2.45) is 0 Å². The van der Waals surface area contributed by atoms with Gasteiger partial charge >= 0.3 is 0 Å². The average molecular weight is 695 g/mol. The topological polar surface area (TPSA) is 0 Å². The quantitative estimate of drug-likeness (QED) is 0.134. The molecule has 0 unspecified atom stereocenters. The van der Waals surface area contributed by atoms with Crippen LogP contribution < -0.4 is 21.2 Å². The molecule has 0 aliphatic heterocycles. The predicted molar refractivity (Wildman–Crippen MR) is 206 cm³/mol. The van der Waals surface area contributed by atoms with Crippen molar-refractivity contribution in [1.29, 1.82) is 0 Å². The van der Waals surface area contributed by atoms with E-state index in [0.29, 0.717) is 5.66 Å². The van der Waals surface area contributed by atoms with Crippen LogP contribution in [0.5, 0.6) is 0 Å². The number of aryl methyl sites for hydroxylation is 8. The summed E-state index contributed by atoms with van der Waals surface area (Å²) < 4.78 is 0. The molecule has 4 aromatic carbocycles. The van der Waals surface area contributed by atoms with Crippen LogP contribution in [-0.4, -0.2) is 5.66 Å². The molecule has 10 radical (unpaired) electrons. The molecule has 47 heavy (non-hydrogen) atoms. The Labute approximate surface area is 300 Å². The maximum absolute atomic E-state index is 2.48. The SMILES string of the molecule is Cc1cc(C)cc(P([C]2[CH][CH][CH][C]2[C@@H](C)P(c2cc(C)cc(C)c2)c2cc(C)cc(C)c2)c2cc(C)cc(C)c2)c1.[CH]1[CH][CH][CH][CH]1.[Fe]. The summed E-state index contributed by atoms with van der Waals surface area (Å²) in [5.41, 5.74) is 12.6. The first-order valence-corrected chi connectivity index (χ1v) is 19.1. The van der Waals surface area contributed by atoms with Gasteiger partial charge in [-0.05, 0) is 155 Å². The number of benzene rings is 4. The Morgan fingerprint density at radius 3 is 1.00 bits per heavy atom. The molecule has 0 amide bonds. The minimum absolute atomic E-state index is 0. The molecule has 0 bridgehead atoms. The van der Waals surface area contributed by atoms with Crippen molar-refractivity contribution in [2.75, 3.05) is 0 Å². The molecule has 2 saturated carbocycles. The van der Waals surface area contributed by atoms with Gasteiger partial charge in [0.1, 0.15) is 0 Å². The second kappa shape index (κ2) is 17.3. The third kappa shape index (κ3) is 9.92. The molecule has 6 rings (SSSR count). The van der Waals surface area contributed by atoms with E-state index in [1.165, 1.54) is 77.3 Å². The third-order valence-corrected chi connectivity index (χ3v) is 13.5. The van der Waals surface area contributed by atoms with Gasteiger partial charge in [-0.25, -0.2) is 0 Å². The first-order valence-electron chi connectivity index (χ1n) is 16.3. The van der Waals surface area contributed by atoms with Crippen LogP contribution in [0.15, 0.2) is 72.8 Å². The van der Waals surface area contributed by atoms with Gasteiger partial charge in [-0.3, -0.25) is 0 Å². The second-order valence-electron chi connectivity index (χ2n) is 13.1. The Morgan fingerprint density at radius 2 is 0.681 bits per heavy atom. The smallest absolute Gasteiger partial charge is 0.0201 e. The fourth-order valence-corrected chi connectivity index (χ4v) is 12.9. The number of hydrogen-bond acceptors (Lipinski definition) is 0. The van der Waals surface area contributed by atoms with Gasteiger partial charge in [0.15, 0.2) is 0 Å². The molecule has 0 spiro atoms. The Morgan fingerprint density at radius 1 is 0.383 bits per heavy atom. The monoisotopic (exact) mass is 694 g/mol. The van der Waals surface area contributed by atoms with Crippen LogP contribution >= 0.6 is 15.8 Å². The number of rotatable bonds is 7. The standard InChI is InChI=1S/C39H43P2.C5H5.Fe/c1-25-13-26(2)18-34(17-25)40(35-19-27(3)14-28(4)20-35)33(9)38-11-10-12-39(38)41(36-21-29(5)15-30(6)22-36)37-23-31(7)16-32(8)24-37;1-2-4-5-3-1;/h10-24,33H,1-9H3;1-5H;/t33-;;/m1../s1. The van der Waals surface area contributed by atoms with Crippen molar-refractivity contribution in [3.63, 3.8) is 0 Å². The molecule has 1 atom stereocenters. The third-order valence-electron chi connectivity index (χ3n) is 8.36. The molecule has 2 aliphatic rings. The Bertz CT molecular complexity index is 1440. The molecule has 0 heterocycles. The zero-order chi connectivity index (χ0) is 33.0. The van der Waals surface area contributed by atoms with Crippen LogP contribution in [0.3, 0.4) is 0 Å². The van der Waals surface area contributed by atoms with Gasteiger partial charge in [0.2, 0.25) is 0 Å². The van der Waals surface area contributed by atoms with E-state index in [4.69, 9.17) is 0 Å². The molecule has 0 saturated heterocycles. The van der Waals surface area contributed by atoms with Crippen molar-refractivity contribution < 1.29 is 17.1 Å². The first kappa shape index (κ1) is 38.1. The van der Waals surface area contributed by atoms with Gasteiger partial charge in [-0.2, -0.15) is 0 Å². The van der Waals surface area contributed by atoms with Crippen LogP contribution in [0.4, 0.5) is 0 Å². The van der Waals surface area contributed by atoms with E-state index in [1.807, 2.05) is 32.1 Å². The van der Waals surface area contributed by atoms with E-state index in [-0.39, 0.29) is 17.1 Å². The summed E-state index contributed by atoms with van der Waals surface area (Å²) in [5.74, 6) is 1.50. The van der Waals surface area contributed by atoms with Crippen molar-refractivity contribution in [3.05, 3.63) is 180 Å². The van der Waals surface area contributed by atoms with Gasteiger partial charge in [0, 0.05) is 22.7 Å². The maximum Gasteiger partial charge on any atom is 0.0201 e. The van der Waals surface area contributed by atoms with E-state index < -0.39 is 15.8 Å². The van der Waals surface area contributed by atoms with Gasteiger partial charge in [-0.15, -0.1) is 0 Å². The van der Waals surface area contributed by atoms with E-state index in [1.54, 1.807) is 0 Å². The van der Waals surface area contributed by atoms with Crippen LogP contribution in [-0.2, 0) is 17.1 Å². The molecule has 0 nitrogen and oxygen atoms in total. The zero-order valence-corrected chi connectivity index (χ0v) is 32.3. The predicted octanol–water partition coefficient (Wildman–Crippen LogP) is 9.86. The maximum atomic E-state index is 2.48. The average Bonchev–Trinajstić information content (AvgIpc) is 3.68. The molecule has 0 N–H and O–H groups in total. The zero-order valence-electron chi connectivity index (χ0n) is 29.4. The number of hydrogen-bond donors (Lipinski definition) is 0. The van der Waals surface area contributed by atoms with Crippen molar-refractivity contribution >= 4 is 37.1 Å². The van der Waals surface area contributed by atoms with E-state index >= 15 is 0 Å². The van der Waals surface area contributed by atoms with Gasteiger partial charge in [-0.1, -0.05) is 124 Å². The Balaban J connectivity index is 0.000000762. The molecule has 242 valence electrons. The summed E-state index contributed by atoms with van der Waals surface area (Å²) in [5, 5.41) is 5.85. The van der Waals surface area contributed by atoms with Crippen LogP contribution in [0.1, 0.15) is 51.4 Å². The molecule has 3 heteroatoms. The largest absolute Gasteiger partial charge is 0.0573 e. The molecule has 2 fully saturated rings. The van der Waals surface area contributed by atoms with Crippen LogP contribution in [0, 0.1) is 118 Å². The van der Waals surface area contributed by atoms with Gasteiger partial charge in [0.05, 0.1) is 0 Å². The second-order valence-corrected chi connectivity index (χ2v) is 17.8. The van der Waals surface area contributed by atoms with E-state index in [9.17, 15) is 0 Å². The molecule has 2 aliphatic carbocycles. The summed E-state index contributed by atoms with van der Waals surface area (Å²) >= 11 is 0. The van der Waals surface area contributed by atoms with Crippen molar-refractivity contribution in [3.8, 4) is 0 Å². The van der Waals surface area contributed by atoms with E-state index in [2.05, 4.69) is 154 Å². The minimum Gasteiger partial charge on any atom is -0.0573 e. The summed E-state index contributed by atoms with van der Waals surface area (Å²) in [6.07, 6.45) is 17.1. The Hall–Kier alpha value is -1.74. The Kier molecular flexibility index (Phi) is 14.0. The molecular weight excluding hydrogens is 646 g/mol.